The second-order valence-corrected chi connectivity index (χ2v) is 4.63. The number of aryl methyl sites for hydroxylation is 1. The van der Waals surface area contributed by atoms with Crippen LogP contribution in [0.15, 0.2) is 23.1 Å². The largest absolute Gasteiger partial charge is 0.395 e. The number of hydrogen-bond donors (Lipinski definition) is 3. The number of aliphatic hydroxyl groups excluding tert-OH is 1. The van der Waals surface area contributed by atoms with Gasteiger partial charge in [-0.3, -0.25) is 9.59 Å². The molecule has 0 aliphatic heterocycles. The van der Waals surface area contributed by atoms with Crippen LogP contribution in [0.2, 0.25) is 0 Å². The van der Waals surface area contributed by atoms with Crippen LogP contribution in [-0.4, -0.2) is 35.3 Å². The van der Waals surface area contributed by atoms with Crippen molar-refractivity contribution in [2.75, 3.05) is 19.7 Å². The van der Waals surface area contributed by atoms with Crippen LogP contribution in [0.25, 0.3) is 0 Å². The van der Waals surface area contributed by atoms with Crippen molar-refractivity contribution in [1.82, 2.24) is 9.88 Å². The summed E-state index contributed by atoms with van der Waals surface area (Å²) in [5.74, 6) is -0.282. The maximum atomic E-state index is 11.7. The van der Waals surface area contributed by atoms with E-state index in [1.54, 1.807) is 10.8 Å². The van der Waals surface area contributed by atoms with E-state index in [1.165, 1.54) is 12.1 Å². The van der Waals surface area contributed by atoms with Gasteiger partial charge < -0.3 is 20.7 Å². The molecule has 1 heterocycles. The van der Waals surface area contributed by atoms with Crippen molar-refractivity contribution < 1.29 is 9.90 Å². The molecular formula is C14H23N3O3. The van der Waals surface area contributed by atoms with Crippen LogP contribution in [-0.2, 0) is 6.54 Å². The molecule has 112 valence electrons. The van der Waals surface area contributed by atoms with Gasteiger partial charge in [0.25, 0.3) is 11.5 Å². The minimum absolute atomic E-state index is 0.105. The minimum Gasteiger partial charge on any atom is -0.395 e. The van der Waals surface area contributed by atoms with Crippen LogP contribution in [0, 0.1) is 0 Å². The molecule has 20 heavy (non-hydrogen) atoms. The molecule has 0 spiro atoms. The smallest absolute Gasteiger partial charge is 0.252 e. The highest BCUT2D eigenvalue weighted by Crippen LogP contribution is 2.02. The summed E-state index contributed by atoms with van der Waals surface area (Å²) >= 11 is 0. The fourth-order valence-corrected chi connectivity index (χ4v) is 1.89. The number of nitrogens with one attached hydrogen (secondary N) is 1. The number of rotatable bonds is 9. The SMILES string of the molecule is NCCCCCCn1cc(C(=O)NCCO)ccc1=O. The van der Waals surface area contributed by atoms with E-state index >= 15 is 0 Å². The molecular weight excluding hydrogens is 258 g/mol. The Kier molecular flexibility index (Phi) is 7.60. The Balaban J connectivity index is 2.57. The number of nitrogens with zero attached hydrogens (tertiary/aromatic N) is 1. The average molecular weight is 281 g/mol. The Hall–Kier alpha value is -1.66. The Morgan fingerprint density at radius 1 is 1.25 bits per heavy atom. The number of amides is 1. The van der Waals surface area contributed by atoms with Gasteiger partial charge >= 0.3 is 0 Å². The van der Waals surface area contributed by atoms with Gasteiger partial charge in [0.15, 0.2) is 0 Å². The van der Waals surface area contributed by atoms with Crippen molar-refractivity contribution in [2.24, 2.45) is 5.73 Å². The van der Waals surface area contributed by atoms with E-state index in [9.17, 15) is 9.59 Å². The van der Waals surface area contributed by atoms with Crippen molar-refractivity contribution in [1.29, 1.82) is 0 Å². The van der Waals surface area contributed by atoms with Crippen molar-refractivity contribution >= 4 is 5.91 Å². The molecule has 0 saturated heterocycles. The van der Waals surface area contributed by atoms with Crippen LogP contribution in [0.4, 0.5) is 0 Å². The van der Waals surface area contributed by atoms with E-state index in [2.05, 4.69) is 5.32 Å². The Morgan fingerprint density at radius 3 is 2.70 bits per heavy atom. The fraction of sp³-hybridized carbons (Fsp3) is 0.571. The Labute approximate surface area is 118 Å². The highest BCUT2D eigenvalue weighted by Gasteiger charge is 2.06. The lowest BCUT2D eigenvalue weighted by Crippen LogP contribution is -2.28. The number of carbonyl (C=O) groups is 1. The third kappa shape index (κ3) is 5.54. The highest BCUT2D eigenvalue weighted by molar-refractivity contribution is 5.93. The molecule has 0 bridgehead atoms. The molecule has 0 unspecified atom stereocenters. The molecule has 0 aromatic carbocycles. The lowest BCUT2D eigenvalue weighted by atomic mass is 10.2. The molecule has 6 nitrogen and oxygen atoms in total. The predicted octanol–water partition coefficient (Wildman–Crippen LogP) is 0.0895. The first-order valence-corrected chi connectivity index (χ1v) is 6.98. The molecule has 1 aromatic heterocycles. The van der Waals surface area contributed by atoms with E-state index in [1.807, 2.05) is 0 Å². The van der Waals surface area contributed by atoms with Crippen molar-refractivity contribution in [3.8, 4) is 0 Å². The maximum Gasteiger partial charge on any atom is 0.252 e. The normalized spacial score (nSPS) is 10.5. The lowest BCUT2D eigenvalue weighted by molar-refractivity contribution is 0.0944. The highest BCUT2D eigenvalue weighted by atomic mass is 16.3. The molecule has 0 fully saturated rings. The minimum atomic E-state index is -0.282. The Morgan fingerprint density at radius 2 is 2.00 bits per heavy atom. The monoisotopic (exact) mass is 281 g/mol. The molecule has 0 atom stereocenters. The number of unbranched alkanes of at least 4 members (excludes halogenated alkanes) is 3. The summed E-state index contributed by atoms with van der Waals surface area (Å²) in [5, 5.41) is 11.2. The summed E-state index contributed by atoms with van der Waals surface area (Å²) in [6.45, 7) is 1.40. The molecule has 1 aromatic rings. The molecule has 1 rings (SSSR count). The van der Waals surface area contributed by atoms with E-state index < -0.39 is 0 Å². The van der Waals surface area contributed by atoms with Crippen molar-refractivity contribution in [3.63, 3.8) is 0 Å². The summed E-state index contributed by atoms with van der Waals surface area (Å²) in [5.41, 5.74) is 5.74. The van der Waals surface area contributed by atoms with Gasteiger partial charge in [-0.05, 0) is 25.5 Å². The standard InChI is InChI=1S/C14H23N3O3/c15-7-3-1-2-4-9-17-11-12(5-6-13(17)19)14(20)16-8-10-18/h5-6,11,18H,1-4,7-10,15H2,(H,16,20). The molecule has 0 aliphatic rings. The molecule has 6 heteroatoms. The first-order chi connectivity index (χ1) is 9.69. The number of aromatic nitrogens is 1. The summed E-state index contributed by atoms with van der Waals surface area (Å²) in [4.78, 5) is 23.4. The van der Waals surface area contributed by atoms with Gasteiger partial charge in [-0.2, -0.15) is 0 Å². The molecule has 1 amide bonds. The van der Waals surface area contributed by atoms with Crippen molar-refractivity contribution in [3.05, 3.63) is 34.2 Å². The van der Waals surface area contributed by atoms with Crippen LogP contribution in [0.5, 0.6) is 0 Å². The summed E-state index contributed by atoms with van der Waals surface area (Å²) in [7, 11) is 0. The van der Waals surface area contributed by atoms with E-state index in [4.69, 9.17) is 10.8 Å². The molecule has 0 aliphatic carbocycles. The fourth-order valence-electron chi connectivity index (χ4n) is 1.89. The van der Waals surface area contributed by atoms with Gasteiger partial charge in [0.05, 0.1) is 12.2 Å². The summed E-state index contributed by atoms with van der Waals surface area (Å²) in [6, 6.07) is 2.90. The maximum absolute atomic E-state index is 11.7. The third-order valence-corrected chi connectivity index (χ3v) is 3.00. The zero-order valence-corrected chi connectivity index (χ0v) is 11.7. The summed E-state index contributed by atoms with van der Waals surface area (Å²) < 4.78 is 1.55. The topological polar surface area (TPSA) is 97.3 Å². The second kappa shape index (κ2) is 9.28. The van der Waals surface area contributed by atoms with E-state index in [0.29, 0.717) is 18.7 Å². The number of carbonyl (C=O) groups excluding carboxylic acids is 1. The third-order valence-electron chi connectivity index (χ3n) is 3.00. The van der Waals surface area contributed by atoms with Gasteiger partial charge in [0, 0.05) is 25.4 Å². The van der Waals surface area contributed by atoms with Gasteiger partial charge in [0.2, 0.25) is 0 Å². The molecule has 4 N–H and O–H groups in total. The van der Waals surface area contributed by atoms with Crippen LogP contribution in [0.3, 0.4) is 0 Å². The molecule has 0 radical (unpaired) electrons. The predicted molar refractivity (Wildman–Crippen MR) is 77.6 cm³/mol. The van der Waals surface area contributed by atoms with Gasteiger partial charge in [-0.25, -0.2) is 0 Å². The number of pyridine rings is 1. The number of aliphatic hydroxyl groups is 1. The zero-order chi connectivity index (χ0) is 14.8. The average Bonchev–Trinajstić information content (AvgIpc) is 2.46. The quantitative estimate of drug-likeness (QED) is 0.559. The zero-order valence-electron chi connectivity index (χ0n) is 11.7. The van der Waals surface area contributed by atoms with Gasteiger partial charge in [-0.1, -0.05) is 12.8 Å². The lowest BCUT2D eigenvalue weighted by Gasteiger charge is -2.08. The molecule has 0 saturated carbocycles. The number of nitrogens with two attached hydrogens (primary N) is 1. The van der Waals surface area contributed by atoms with Crippen LogP contribution >= 0.6 is 0 Å². The van der Waals surface area contributed by atoms with Crippen molar-refractivity contribution in [2.45, 2.75) is 32.2 Å². The van der Waals surface area contributed by atoms with Crippen LogP contribution < -0.4 is 16.6 Å². The number of hydrogen-bond acceptors (Lipinski definition) is 4. The van der Waals surface area contributed by atoms with E-state index in [-0.39, 0.29) is 24.6 Å². The van der Waals surface area contributed by atoms with E-state index in [0.717, 1.165) is 25.7 Å². The Bertz CT molecular complexity index is 471. The summed E-state index contributed by atoms with van der Waals surface area (Å²) in [6.07, 6.45) is 5.53. The van der Waals surface area contributed by atoms with Gasteiger partial charge in [-0.15, -0.1) is 0 Å². The second-order valence-electron chi connectivity index (χ2n) is 4.63. The van der Waals surface area contributed by atoms with Crippen LogP contribution in [0.1, 0.15) is 36.0 Å². The first-order valence-electron chi connectivity index (χ1n) is 6.98. The first kappa shape index (κ1) is 16.4. The van der Waals surface area contributed by atoms with Gasteiger partial charge in [0.1, 0.15) is 0 Å².